The summed E-state index contributed by atoms with van der Waals surface area (Å²) in [4.78, 5) is 34.9. The summed E-state index contributed by atoms with van der Waals surface area (Å²) in [7, 11) is 0. The van der Waals surface area contributed by atoms with Crippen molar-refractivity contribution in [1.82, 2.24) is 5.32 Å². The van der Waals surface area contributed by atoms with Gasteiger partial charge in [0.1, 0.15) is 17.4 Å². The lowest BCUT2D eigenvalue weighted by Crippen LogP contribution is -2.42. The van der Waals surface area contributed by atoms with Crippen LogP contribution in [0.5, 0.6) is 5.75 Å². The second kappa shape index (κ2) is 9.21. The number of carbonyl (C=O) groups is 2. The van der Waals surface area contributed by atoms with Crippen molar-refractivity contribution >= 4 is 22.8 Å². The number of carboxylic acids is 1. The number of aliphatic carboxylic acids is 1. The Morgan fingerprint density at radius 3 is 2.63 bits per heavy atom. The van der Waals surface area contributed by atoms with Crippen LogP contribution in [0.25, 0.3) is 11.0 Å². The number of hydrogen-bond acceptors (Lipinski definition) is 5. The van der Waals surface area contributed by atoms with Gasteiger partial charge in [0.05, 0.1) is 0 Å². The smallest absolute Gasteiger partial charge is 0.336 e. The largest absolute Gasteiger partial charge is 0.483 e. The molecule has 0 radical (unpaired) electrons. The third kappa shape index (κ3) is 5.09. The van der Waals surface area contributed by atoms with Crippen LogP contribution in [0.2, 0.25) is 0 Å². The number of rotatable bonds is 9. The van der Waals surface area contributed by atoms with Crippen LogP contribution in [0.1, 0.15) is 44.2 Å². The number of nitrogens with one attached hydrogen (secondary N) is 1. The van der Waals surface area contributed by atoms with Gasteiger partial charge in [-0.25, -0.2) is 9.59 Å². The van der Waals surface area contributed by atoms with Gasteiger partial charge in [-0.1, -0.05) is 26.7 Å². The number of carbonyl (C=O) groups excluding carboxylic acids is 1. The average Bonchev–Trinajstić information content (AvgIpc) is 2.61. The van der Waals surface area contributed by atoms with Crippen molar-refractivity contribution in [1.29, 1.82) is 0 Å². The van der Waals surface area contributed by atoms with Gasteiger partial charge in [0.25, 0.3) is 5.91 Å². The van der Waals surface area contributed by atoms with Gasteiger partial charge in [0, 0.05) is 17.0 Å². The molecule has 0 spiro atoms. The summed E-state index contributed by atoms with van der Waals surface area (Å²) in [5, 5.41) is 12.4. The third-order valence-corrected chi connectivity index (χ3v) is 4.29. The minimum Gasteiger partial charge on any atom is -0.483 e. The highest BCUT2D eigenvalue weighted by Gasteiger charge is 2.19. The van der Waals surface area contributed by atoms with Crippen LogP contribution in [0, 0.1) is 6.92 Å². The maximum atomic E-state index is 12.0. The minimum absolute atomic E-state index is 0.321. The molecule has 2 aromatic rings. The fourth-order valence-electron chi connectivity index (χ4n) is 2.97. The van der Waals surface area contributed by atoms with E-state index in [0.717, 1.165) is 23.8 Å². The van der Waals surface area contributed by atoms with E-state index in [1.807, 2.05) is 13.8 Å². The molecule has 0 bridgehead atoms. The second-order valence-electron chi connectivity index (χ2n) is 6.44. The summed E-state index contributed by atoms with van der Waals surface area (Å²) >= 11 is 0. The molecule has 0 aliphatic rings. The Kier molecular flexibility index (Phi) is 6.98. The zero-order chi connectivity index (χ0) is 20.0. The third-order valence-electron chi connectivity index (χ3n) is 4.29. The maximum Gasteiger partial charge on any atom is 0.336 e. The molecule has 0 aliphatic heterocycles. The van der Waals surface area contributed by atoms with Gasteiger partial charge >= 0.3 is 11.6 Å². The van der Waals surface area contributed by atoms with Crippen LogP contribution < -0.4 is 15.7 Å². The molecule has 1 amide bonds. The van der Waals surface area contributed by atoms with E-state index in [9.17, 15) is 14.4 Å². The summed E-state index contributed by atoms with van der Waals surface area (Å²) < 4.78 is 10.9. The number of benzene rings is 1. The maximum absolute atomic E-state index is 12.0. The first kappa shape index (κ1) is 20.5. The molecular formula is C20H25NO6. The zero-order valence-corrected chi connectivity index (χ0v) is 15.8. The van der Waals surface area contributed by atoms with E-state index in [1.54, 1.807) is 19.1 Å². The van der Waals surface area contributed by atoms with Gasteiger partial charge in [-0.2, -0.15) is 0 Å². The van der Waals surface area contributed by atoms with Crippen LogP contribution >= 0.6 is 0 Å². The molecule has 7 nitrogen and oxygen atoms in total. The fourth-order valence-corrected chi connectivity index (χ4v) is 2.97. The summed E-state index contributed by atoms with van der Waals surface area (Å²) in [5.41, 5.74) is 1.56. The Hall–Kier alpha value is -2.83. The highest BCUT2D eigenvalue weighted by atomic mass is 16.5. The van der Waals surface area contributed by atoms with Crippen LogP contribution in [0.3, 0.4) is 0 Å². The molecular weight excluding hydrogens is 350 g/mol. The number of amides is 1. The Labute approximate surface area is 157 Å². The number of hydrogen-bond donors (Lipinski definition) is 2. The Bertz CT molecular complexity index is 886. The van der Waals surface area contributed by atoms with Crippen LogP contribution in [-0.2, 0) is 16.0 Å². The van der Waals surface area contributed by atoms with Crippen molar-refractivity contribution in [2.75, 3.05) is 6.61 Å². The van der Waals surface area contributed by atoms with Gasteiger partial charge in [-0.05, 0) is 37.5 Å². The Balaban J connectivity index is 2.17. The molecule has 1 unspecified atom stereocenters. The molecule has 1 heterocycles. The molecule has 1 aromatic heterocycles. The van der Waals surface area contributed by atoms with E-state index in [4.69, 9.17) is 14.3 Å². The lowest BCUT2D eigenvalue weighted by Gasteiger charge is -2.15. The van der Waals surface area contributed by atoms with Crippen LogP contribution in [0.4, 0.5) is 0 Å². The SMILES string of the molecule is CCCc1cc(=O)oc2c(C)c(OCC(=O)NC(CCC)C(=O)O)ccc12. The van der Waals surface area contributed by atoms with E-state index < -0.39 is 23.5 Å². The van der Waals surface area contributed by atoms with Crippen molar-refractivity contribution in [3.63, 3.8) is 0 Å². The van der Waals surface area contributed by atoms with Gasteiger partial charge in [-0.15, -0.1) is 0 Å². The highest BCUT2D eigenvalue weighted by molar-refractivity contribution is 5.86. The molecule has 1 aromatic carbocycles. The summed E-state index contributed by atoms with van der Waals surface area (Å²) in [6.07, 6.45) is 2.65. The molecule has 0 aliphatic carbocycles. The number of fused-ring (bicyclic) bond motifs is 1. The Morgan fingerprint density at radius 2 is 2.00 bits per heavy atom. The number of ether oxygens (including phenoxy) is 1. The van der Waals surface area contributed by atoms with Crippen molar-refractivity contribution in [2.45, 2.75) is 52.5 Å². The van der Waals surface area contributed by atoms with Crippen LogP contribution in [-0.4, -0.2) is 29.6 Å². The summed E-state index contributed by atoms with van der Waals surface area (Å²) in [6.45, 7) is 5.31. The molecule has 0 fully saturated rings. The monoisotopic (exact) mass is 375 g/mol. The zero-order valence-electron chi connectivity index (χ0n) is 15.8. The van der Waals surface area contributed by atoms with Crippen molar-refractivity contribution in [3.8, 4) is 5.75 Å². The van der Waals surface area contributed by atoms with Crippen molar-refractivity contribution in [2.24, 2.45) is 0 Å². The Morgan fingerprint density at radius 1 is 1.26 bits per heavy atom. The predicted molar refractivity (Wildman–Crippen MR) is 101 cm³/mol. The molecule has 2 rings (SSSR count). The number of aryl methyl sites for hydroxylation is 2. The van der Waals surface area contributed by atoms with Gasteiger partial charge < -0.3 is 19.6 Å². The van der Waals surface area contributed by atoms with Crippen molar-refractivity contribution in [3.05, 3.63) is 39.7 Å². The van der Waals surface area contributed by atoms with Gasteiger partial charge in [-0.3, -0.25) is 4.79 Å². The lowest BCUT2D eigenvalue weighted by molar-refractivity contribution is -0.142. The molecule has 7 heteroatoms. The average molecular weight is 375 g/mol. The first-order valence-corrected chi connectivity index (χ1v) is 9.08. The number of carboxylic acid groups (broad SMARTS) is 1. The molecule has 27 heavy (non-hydrogen) atoms. The first-order chi connectivity index (χ1) is 12.9. The normalized spacial score (nSPS) is 12.0. The van der Waals surface area contributed by atoms with E-state index >= 15 is 0 Å². The second-order valence-corrected chi connectivity index (χ2v) is 6.44. The molecule has 0 saturated heterocycles. The van der Waals surface area contributed by atoms with E-state index in [0.29, 0.717) is 29.7 Å². The predicted octanol–water partition coefficient (Wildman–Crippen LogP) is 2.80. The highest BCUT2D eigenvalue weighted by Crippen LogP contribution is 2.28. The van der Waals surface area contributed by atoms with Crippen LogP contribution in [0.15, 0.2) is 27.4 Å². The molecule has 2 N–H and O–H groups in total. The first-order valence-electron chi connectivity index (χ1n) is 9.08. The fraction of sp³-hybridized carbons (Fsp3) is 0.450. The van der Waals surface area contributed by atoms with Crippen molar-refractivity contribution < 1.29 is 23.8 Å². The summed E-state index contributed by atoms with van der Waals surface area (Å²) in [5.74, 6) is -1.18. The topological polar surface area (TPSA) is 106 Å². The molecule has 0 saturated carbocycles. The van der Waals surface area contributed by atoms with E-state index in [-0.39, 0.29) is 6.61 Å². The van der Waals surface area contributed by atoms with E-state index in [2.05, 4.69) is 5.32 Å². The quantitative estimate of drug-likeness (QED) is 0.653. The molecule has 146 valence electrons. The lowest BCUT2D eigenvalue weighted by atomic mass is 10.0. The summed E-state index contributed by atoms with van der Waals surface area (Å²) in [6, 6.07) is 4.10. The van der Waals surface area contributed by atoms with Gasteiger partial charge in [0.2, 0.25) is 0 Å². The van der Waals surface area contributed by atoms with E-state index in [1.165, 1.54) is 6.07 Å². The standard InChI is InChI=1S/C20H25NO6/c1-4-6-13-10-18(23)27-19-12(3)16(9-8-14(13)19)26-11-17(22)21-15(7-5-2)20(24)25/h8-10,15H,4-7,11H2,1-3H3,(H,21,22)(H,24,25). The minimum atomic E-state index is -1.07. The van der Waals surface area contributed by atoms with Gasteiger partial charge in [0.15, 0.2) is 6.61 Å². The molecule has 1 atom stereocenters.